The molecule has 0 saturated carbocycles. The summed E-state index contributed by atoms with van der Waals surface area (Å²) >= 11 is 5.42. The number of nitrogens with zero attached hydrogens (tertiary/aromatic N) is 1. The van der Waals surface area contributed by atoms with E-state index in [1.165, 1.54) is 91.1 Å². The molecule has 49 heavy (non-hydrogen) atoms. The van der Waals surface area contributed by atoms with E-state index in [4.69, 9.17) is 0 Å². The first-order chi connectivity index (χ1) is 24.2. The molecule has 0 radical (unpaired) electrons. The molecule has 0 atom stereocenters. The molecule has 10 aromatic rings. The van der Waals surface area contributed by atoms with Gasteiger partial charge >= 0.3 is 0 Å². The summed E-state index contributed by atoms with van der Waals surface area (Å²) < 4.78 is 5.12. The van der Waals surface area contributed by atoms with E-state index >= 15 is 0 Å². The Morgan fingerprint density at radius 3 is 1.47 bits per heavy atom. The van der Waals surface area contributed by atoms with Crippen molar-refractivity contribution in [3.8, 4) is 16.8 Å². The Morgan fingerprint density at radius 1 is 0.469 bits per heavy atom. The topological polar surface area (TPSA) is 4.93 Å². The third-order valence-electron chi connectivity index (χ3n) is 9.36. The van der Waals surface area contributed by atoms with E-state index in [1.807, 2.05) is 18.3 Å². The molecule has 1 nitrogen and oxygen atoms in total. The first-order valence-corrected chi connectivity index (χ1v) is 18.3. The molecule has 0 unspecified atom stereocenters. The van der Waals surface area contributed by atoms with Crippen LogP contribution in [0.15, 0.2) is 164 Å². The van der Waals surface area contributed by atoms with Gasteiger partial charge in [-0.05, 0) is 93.0 Å². The van der Waals surface area contributed by atoms with Crippen LogP contribution in [0.25, 0.3) is 91.1 Å². The van der Waals surface area contributed by atoms with Crippen LogP contribution in [0.3, 0.4) is 0 Å². The van der Waals surface area contributed by atoms with Gasteiger partial charge in [0.15, 0.2) is 0 Å². The largest absolute Gasteiger partial charge is 0.308 e. The lowest BCUT2D eigenvalue weighted by Crippen LogP contribution is -1.95. The lowest BCUT2D eigenvalue weighted by molar-refractivity contribution is 1.20. The third-order valence-corrected chi connectivity index (χ3v) is 10.6. The normalized spacial score (nSPS) is 11.2. The Labute approximate surface area is 295 Å². The molecule has 10 rings (SSSR count). The number of thiol groups is 1. The lowest BCUT2D eigenvalue weighted by atomic mass is 9.91. The van der Waals surface area contributed by atoms with Crippen molar-refractivity contribution in [2.24, 2.45) is 0 Å². The number of benzene rings is 8. The van der Waals surface area contributed by atoms with Crippen LogP contribution >= 0.6 is 24.0 Å². The van der Waals surface area contributed by atoms with E-state index in [9.17, 15) is 0 Å². The molecule has 0 N–H and O–H groups in total. The maximum atomic E-state index is 3.53. The molecule has 0 aliphatic rings. The van der Waals surface area contributed by atoms with Crippen molar-refractivity contribution in [3.63, 3.8) is 0 Å². The van der Waals surface area contributed by atoms with Crippen LogP contribution in [0.2, 0.25) is 0 Å². The molecule has 0 aliphatic heterocycles. The first-order valence-electron chi connectivity index (χ1n) is 16.5. The number of allylic oxidation sites excluding steroid dienone is 1. The minimum Gasteiger partial charge on any atom is -0.308 e. The monoisotopic (exact) mass is 665 g/mol. The second-order valence-electron chi connectivity index (χ2n) is 12.1. The van der Waals surface area contributed by atoms with E-state index in [1.54, 1.807) is 12.3 Å². The predicted octanol–water partition coefficient (Wildman–Crippen LogP) is 14.0. The zero-order valence-corrected chi connectivity index (χ0v) is 29.2. The number of fused-ring (bicyclic) bond motifs is 12. The summed E-state index contributed by atoms with van der Waals surface area (Å²) in [5.41, 5.74) is 6.18. The van der Waals surface area contributed by atoms with Gasteiger partial charge in [-0.15, -0.1) is 17.9 Å². The second kappa shape index (κ2) is 12.9. The predicted molar refractivity (Wildman–Crippen MR) is 222 cm³/mol. The Morgan fingerprint density at radius 2 is 0.898 bits per heavy atom. The molecule has 8 aromatic carbocycles. The Bertz CT molecular complexity index is 2750. The van der Waals surface area contributed by atoms with Crippen LogP contribution in [0, 0.1) is 0 Å². The standard InChI is InChI=1S/C42H25NS.C3H6.CH4S/c1-2-13-30-28(11-1)29-12-3-4-14-31(29)36-23-26(21-22-32(30)36)27-24-37-35-17-7-10-20-41(35)44-42(37)40(25-27)43-38-18-8-5-15-33(38)34-16-6-9-19-39(34)43;1-3-2;1-2/h1-25H;3H,1H2,2H3;2H,1H3. The smallest absolute Gasteiger partial charge is 0.0647 e. The molecule has 2 heterocycles. The number of hydrogen-bond donors (Lipinski definition) is 1. The van der Waals surface area contributed by atoms with Crippen LogP contribution in [0.1, 0.15) is 6.92 Å². The molecule has 0 spiro atoms. The highest BCUT2D eigenvalue weighted by Gasteiger charge is 2.18. The summed E-state index contributed by atoms with van der Waals surface area (Å²) in [5, 5.41) is 13.0. The van der Waals surface area contributed by atoms with Crippen LogP contribution in [-0.2, 0) is 0 Å². The molecular formula is C46H35NS2. The zero-order valence-electron chi connectivity index (χ0n) is 27.5. The SMILES string of the molecule is C=CC.CS.c1ccc2c(c1)sc1c(-n3c4ccccc4c4ccccc43)cc(-c3ccc4c5ccccc5c5ccccc5c4c3)cc12. The Balaban J connectivity index is 0.000000664. The van der Waals surface area contributed by atoms with Gasteiger partial charge in [-0.1, -0.05) is 121 Å². The van der Waals surface area contributed by atoms with Crippen molar-refractivity contribution in [3.05, 3.63) is 164 Å². The molecular weight excluding hydrogens is 631 g/mol. The highest BCUT2D eigenvalue weighted by Crippen LogP contribution is 2.44. The summed E-state index contributed by atoms with van der Waals surface area (Å²) in [6.07, 6.45) is 3.44. The fourth-order valence-corrected chi connectivity index (χ4v) is 8.60. The molecule has 236 valence electrons. The van der Waals surface area contributed by atoms with Crippen molar-refractivity contribution < 1.29 is 0 Å². The molecule has 0 amide bonds. The van der Waals surface area contributed by atoms with E-state index in [-0.39, 0.29) is 0 Å². The van der Waals surface area contributed by atoms with Crippen molar-refractivity contribution in [2.75, 3.05) is 6.26 Å². The Kier molecular flexibility index (Phi) is 8.17. The van der Waals surface area contributed by atoms with Gasteiger partial charge in [0.2, 0.25) is 0 Å². The number of hydrogen-bond acceptors (Lipinski definition) is 2. The highest BCUT2D eigenvalue weighted by molar-refractivity contribution is 7.79. The fourth-order valence-electron chi connectivity index (χ4n) is 7.41. The minimum atomic E-state index is 1.23. The van der Waals surface area contributed by atoms with Gasteiger partial charge in [0.25, 0.3) is 0 Å². The number of para-hydroxylation sites is 2. The summed E-state index contributed by atoms with van der Waals surface area (Å²) in [7, 11) is 0. The fraction of sp³-hybridized carbons (Fsp3) is 0.0435. The van der Waals surface area contributed by atoms with Crippen molar-refractivity contribution in [1.82, 2.24) is 4.57 Å². The van der Waals surface area contributed by atoms with Crippen LogP contribution < -0.4 is 0 Å². The van der Waals surface area contributed by atoms with Gasteiger partial charge in [0.05, 0.1) is 21.4 Å². The second-order valence-corrected chi connectivity index (χ2v) is 13.2. The molecule has 0 aliphatic carbocycles. The summed E-state index contributed by atoms with van der Waals surface area (Å²) in [5.74, 6) is 0. The van der Waals surface area contributed by atoms with Gasteiger partial charge in [0, 0.05) is 26.2 Å². The summed E-state index contributed by atoms with van der Waals surface area (Å²) in [4.78, 5) is 0. The van der Waals surface area contributed by atoms with Crippen LogP contribution in [0.4, 0.5) is 0 Å². The maximum Gasteiger partial charge on any atom is 0.0647 e. The quantitative estimate of drug-likeness (QED) is 0.107. The minimum absolute atomic E-state index is 1.23. The van der Waals surface area contributed by atoms with Crippen molar-refractivity contribution >= 4 is 98.3 Å². The van der Waals surface area contributed by atoms with E-state index < -0.39 is 0 Å². The molecule has 0 bridgehead atoms. The van der Waals surface area contributed by atoms with Gasteiger partial charge < -0.3 is 4.57 Å². The lowest BCUT2D eigenvalue weighted by Gasteiger charge is -2.14. The van der Waals surface area contributed by atoms with Crippen molar-refractivity contribution in [2.45, 2.75) is 6.92 Å². The average Bonchev–Trinajstić information content (AvgIpc) is 3.72. The summed E-state index contributed by atoms with van der Waals surface area (Å²) in [6.45, 7) is 5.25. The van der Waals surface area contributed by atoms with Gasteiger partial charge in [-0.2, -0.15) is 12.6 Å². The van der Waals surface area contributed by atoms with Crippen LogP contribution in [0.5, 0.6) is 0 Å². The average molecular weight is 666 g/mol. The van der Waals surface area contributed by atoms with Gasteiger partial charge in [0.1, 0.15) is 0 Å². The third kappa shape index (κ3) is 5.01. The molecule has 0 saturated heterocycles. The molecule has 0 fully saturated rings. The van der Waals surface area contributed by atoms with Crippen molar-refractivity contribution in [1.29, 1.82) is 0 Å². The molecule has 3 heteroatoms. The van der Waals surface area contributed by atoms with E-state index in [0.29, 0.717) is 0 Å². The number of thiophene rings is 1. The van der Waals surface area contributed by atoms with E-state index in [0.717, 1.165) is 0 Å². The summed E-state index contributed by atoms with van der Waals surface area (Å²) in [6, 6.07) is 56.0. The molecule has 2 aromatic heterocycles. The van der Waals surface area contributed by atoms with Gasteiger partial charge in [-0.3, -0.25) is 0 Å². The maximum absolute atomic E-state index is 3.53. The van der Waals surface area contributed by atoms with Gasteiger partial charge in [-0.25, -0.2) is 0 Å². The first kappa shape index (κ1) is 31.0. The van der Waals surface area contributed by atoms with E-state index in [2.05, 4.69) is 175 Å². The number of aromatic nitrogens is 1. The Hall–Kier alpha value is -5.35. The highest BCUT2D eigenvalue weighted by atomic mass is 32.1. The van der Waals surface area contributed by atoms with Crippen LogP contribution in [-0.4, -0.2) is 10.8 Å². The number of rotatable bonds is 2. The zero-order chi connectivity index (χ0) is 33.5.